The van der Waals surface area contributed by atoms with Crippen molar-refractivity contribution in [2.75, 3.05) is 0 Å². The molecule has 0 aliphatic carbocycles. The van der Waals surface area contributed by atoms with Gasteiger partial charge in [0.2, 0.25) is 0 Å². The summed E-state index contributed by atoms with van der Waals surface area (Å²) >= 11 is 0. The predicted octanol–water partition coefficient (Wildman–Crippen LogP) is 3.77. The number of carboxylic acids is 1. The molecule has 0 amide bonds. The third-order valence-corrected chi connectivity index (χ3v) is 2.29. The molecular formula is C12H22O2. The molecular weight excluding hydrogens is 176 g/mol. The molecule has 0 spiro atoms. The first kappa shape index (κ1) is 13.2. The van der Waals surface area contributed by atoms with Crippen LogP contribution in [0.25, 0.3) is 0 Å². The monoisotopic (exact) mass is 198 g/mol. The van der Waals surface area contributed by atoms with Gasteiger partial charge in [-0.25, -0.2) is 4.79 Å². The lowest BCUT2D eigenvalue weighted by Crippen LogP contribution is -2.05. The van der Waals surface area contributed by atoms with E-state index in [0.29, 0.717) is 12.0 Å². The Morgan fingerprint density at radius 3 is 1.64 bits per heavy atom. The average molecular weight is 198 g/mol. The molecule has 0 fully saturated rings. The van der Waals surface area contributed by atoms with Crippen molar-refractivity contribution in [2.45, 2.75) is 59.3 Å². The fourth-order valence-corrected chi connectivity index (χ4v) is 1.72. The molecule has 14 heavy (non-hydrogen) atoms. The van der Waals surface area contributed by atoms with Crippen molar-refractivity contribution in [1.29, 1.82) is 0 Å². The first-order chi connectivity index (χ1) is 6.67. The Hall–Kier alpha value is -0.790. The van der Waals surface area contributed by atoms with Gasteiger partial charge in [-0.2, -0.15) is 0 Å². The molecule has 0 aromatic carbocycles. The van der Waals surface area contributed by atoms with Crippen LogP contribution in [-0.4, -0.2) is 11.1 Å². The van der Waals surface area contributed by atoms with Crippen LogP contribution in [0.5, 0.6) is 0 Å². The van der Waals surface area contributed by atoms with E-state index in [2.05, 4.69) is 13.8 Å². The maximum absolute atomic E-state index is 11.0. The van der Waals surface area contributed by atoms with Gasteiger partial charge in [-0.15, -0.1) is 0 Å². The molecule has 0 aromatic heterocycles. The van der Waals surface area contributed by atoms with E-state index in [1.165, 1.54) is 0 Å². The van der Waals surface area contributed by atoms with Crippen LogP contribution < -0.4 is 0 Å². The minimum Gasteiger partial charge on any atom is -0.478 e. The molecule has 82 valence electrons. The Morgan fingerprint density at radius 2 is 1.36 bits per heavy atom. The van der Waals surface area contributed by atoms with E-state index in [4.69, 9.17) is 5.11 Å². The van der Waals surface area contributed by atoms with Crippen molar-refractivity contribution >= 4 is 5.97 Å². The third kappa shape index (κ3) is 4.45. The Balaban J connectivity index is 4.72. The number of allylic oxidation sites excluding steroid dienone is 1. The van der Waals surface area contributed by atoms with Gasteiger partial charge in [0, 0.05) is 5.57 Å². The Kier molecular flexibility index (Phi) is 7.17. The fraction of sp³-hybridized carbons (Fsp3) is 0.750. The standard InChI is InChI=1S/C12H22O2/c1-4-7-10(8-5-2)11(9-6-3)12(13)14/h4-9H2,1-3H3,(H,13,14). The van der Waals surface area contributed by atoms with Crippen LogP contribution in [0.4, 0.5) is 0 Å². The molecule has 2 heteroatoms. The molecule has 0 aliphatic rings. The van der Waals surface area contributed by atoms with Crippen LogP contribution in [0.1, 0.15) is 59.3 Å². The van der Waals surface area contributed by atoms with Gasteiger partial charge < -0.3 is 5.11 Å². The topological polar surface area (TPSA) is 37.3 Å². The smallest absolute Gasteiger partial charge is 0.331 e. The first-order valence-electron chi connectivity index (χ1n) is 5.61. The van der Waals surface area contributed by atoms with Crippen LogP contribution in [0, 0.1) is 0 Å². The summed E-state index contributed by atoms with van der Waals surface area (Å²) in [4.78, 5) is 11.0. The van der Waals surface area contributed by atoms with Crippen molar-refractivity contribution in [3.63, 3.8) is 0 Å². The molecule has 0 unspecified atom stereocenters. The Labute approximate surface area is 87.0 Å². The predicted molar refractivity (Wildman–Crippen MR) is 59.4 cm³/mol. The zero-order valence-electron chi connectivity index (χ0n) is 9.60. The quantitative estimate of drug-likeness (QED) is 0.632. The number of carbonyl (C=O) groups is 1. The fourth-order valence-electron chi connectivity index (χ4n) is 1.72. The van der Waals surface area contributed by atoms with Crippen LogP contribution in [0.2, 0.25) is 0 Å². The van der Waals surface area contributed by atoms with Crippen molar-refractivity contribution < 1.29 is 9.90 Å². The summed E-state index contributed by atoms with van der Waals surface area (Å²) in [6.45, 7) is 6.22. The molecule has 0 saturated heterocycles. The molecule has 1 N–H and O–H groups in total. The van der Waals surface area contributed by atoms with E-state index in [1.807, 2.05) is 6.92 Å². The minimum absolute atomic E-state index is 0.663. The molecule has 0 bridgehead atoms. The van der Waals surface area contributed by atoms with Gasteiger partial charge in [-0.05, 0) is 19.3 Å². The van der Waals surface area contributed by atoms with E-state index in [1.54, 1.807) is 0 Å². The number of hydrogen-bond donors (Lipinski definition) is 1. The largest absolute Gasteiger partial charge is 0.478 e. The highest BCUT2D eigenvalue weighted by molar-refractivity contribution is 5.87. The first-order valence-corrected chi connectivity index (χ1v) is 5.61. The Bertz CT molecular complexity index is 196. The van der Waals surface area contributed by atoms with Gasteiger partial charge in [0.25, 0.3) is 0 Å². The second-order valence-electron chi connectivity index (χ2n) is 3.64. The Morgan fingerprint density at radius 1 is 0.929 bits per heavy atom. The highest BCUT2D eigenvalue weighted by Crippen LogP contribution is 2.20. The zero-order valence-corrected chi connectivity index (χ0v) is 9.60. The highest BCUT2D eigenvalue weighted by Gasteiger charge is 2.11. The van der Waals surface area contributed by atoms with Crippen LogP contribution >= 0.6 is 0 Å². The number of rotatable bonds is 7. The SMILES string of the molecule is CCCC(CCC)=C(CCC)C(=O)O. The molecule has 0 aromatic rings. The van der Waals surface area contributed by atoms with Crippen molar-refractivity contribution in [1.82, 2.24) is 0 Å². The second-order valence-corrected chi connectivity index (χ2v) is 3.64. The van der Waals surface area contributed by atoms with E-state index >= 15 is 0 Å². The molecule has 0 aliphatic heterocycles. The lowest BCUT2D eigenvalue weighted by Gasteiger charge is -2.10. The summed E-state index contributed by atoms with van der Waals surface area (Å²) in [6, 6.07) is 0. The normalized spacial score (nSPS) is 9.93. The van der Waals surface area contributed by atoms with E-state index in [9.17, 15) is 4.79 Å². The molecule has 0 rings (SSSR count). The van der Waals surface area contributed by atoms with Gasteiger partial charge in [0.05, 0.1) is 0 Å². The maximum atomic E-state index is 11.0. The van der Waals surface area contributed by atoms with Gasteiger partial charge in [-0.1, -0.05) is 45.6 Å². The average Bonchev–Trinajstić information content (AvgIpc) is 2.13. The van der Waals surface area contributed by atoms with Gasteiger partial charge in [0.15, 0.2) is 0 Å². The molecule has 0 heterocycles. The lowest BCUT2D eigenvalue weighted by atomic mass is 9.96. The van der Waals surface area contributed by atoms with Crippen molar-refractivity contribution in [3.05, 3.63) is 11.1 Å². The number of carboxylic acid groups (broad SMARTS) is 1. The highest BCUT2D eigenvalue weighted by atomic mass is 16.4. The summed E-state index contributed by atoms with van der Waals surface area (Å²) in [5.74, 6) is -0.719. The molecule has 0 atom stereocenters. The van der Waals surface area contributed by atoms with E-state index < -0.39 is 5.97 Å². The summed E-state index contributed by atoms with van der Waals surface area (Å²) in [7, 11) is 0. The number of hydrogen-bond acceptors (Lipinski definition) is 1. The summed E-state index contributed by atoms with van der Waals surface area (Å²) in [5, 5.41) is 9.07. The molecule has 0 saturated carbocycles. The van der Waals surface area contributed by atoms with Crippen molar-refractivity contribution in [2.24, 2.45) is 0 Å². The van der Waals surface area contributed by atoms with Crippen LogP contribution in [0.15, 0.2) is 11.1 Å². The zero-order chi connectivity index (χ0) is 11.0. The van der Waals surface area contributed by atoms with E-state index in [-0.39, 0.29) is 0 Å². The van der Waals surface area contributed by atoms with Crippen LogP contribution in [0.3, 0.4) is 0 Å². The van der Waals surface area contributed by atoms with Gasteiger partial charge in [0.1, 0.15) is 0 Å². The summed E-state index contributed by atoms with van der Waals surface area (Å²) < 4.78 is 0. The maximum Gasteiger partial charge on any atom is 0.331 e. The number of aliphatic carboxylic acids is 1. The lowest BCUT2D eigenvalue weighted by molar-refractivity contribution is -0.132. The van der Waals surface area contributed by atoms with Crippen molar-refractivity contribution in [3.8, 4) is 0 Å². The third-order valence-electron chi connectivity index (χ3n) is 2.29. The van der Waals surface area contributed by atoms with Gasteiger partial charge in [-0.3, -0.25) is 0 Å². The minimum atomic E-state index is -0.719. The molecule has 2 nitrogen and oxygen atoms in total. The summed E-state index contributed by atoms with van der Waals surface area (Å²) in [6.07, 6.45) is 5.58. The summed E-state index contributed by atoms with van der Waals surface area (Å²) in [5.41, 5.74) is 1.82. The van der Waals surface area contributed by atoms with Gasteiger partial charge >= 0.3 is 5.97 Å². The second kappa shape index (κ2) is 7.60. The molecule has 0 radical (unpaired) electrons. The van der Waals surface area contributed by atoms with Crippen LogP contribution in [-0.2, 0) is 4.79 Å². The van der Waals surface area contributed by atoms with E-state index in [0.717, 1.165) is 37.7 Å².